The Morgan fingerprint density at radius 1 is 1.29 bits per heavy atom. The summed E-state index contributed by atoms with van der Waals surface area (Å²) in [6, 6.07) is 3.72. The van der Waals surface area contributed by atoms with Crippen LogP contribution in [0.2, 0.25) is 0 Å². The fourth-order valence-corrected chi connectivity index (χ4v) is 3.87. The minimum atomic E-state index is 0.00685. The Morgan fingerprint density at radius 2 is 2.14 bits per heavy atom. The third-order valence-corrected chi connectivity index (χ3v) is 5.67. The van der Waals surface area contributed by atoms with Gasteiger partial charge in [-0.2, -0.15) is 5.10 Å². The van der Waals surface area contributed by atoms with Gasteiger partial charge in [-0.15, -0.1) is 10.2 Å². The third kappa shape index (κ3) is 2.98. The van der Waals surface area contributed by atoms with Crippen LogP contribution in [0.1, 0.15) is 40.2 Å². The topological polar surface area (TPSA) is 81.7 Å². The van der Waals surface area contributed by atoms with Crippen LogP contribution in [0.25, 0.3) is 11.5 Å². The Kier molecular flexibility index (Phi) is 3.99. The van der Waals surface area contributed by atoms with Gasteiger partial charge in [0.25, 0.3) is 5.91 Å². The fourth-order valence-electron chi connectivity index (χ4n) is 3.87. The summed E-state index contributed by atoms with van der Waals surface area (Å²) in [5.74, 6) is 1.53. The Bertz CT molecular complexity index is 1030. The molecule has 1 aliphatic carbocycles. The second kappa shape index (κ2) is 6.54. The van der Waals surface area contributed by atoms with Crippen LogP contribution in [-0.4, -0.2) is 46.9 Å². The summed E-state index contributed by atoms with van der Waals surface area (Å²) in [5, 5.41) is 13.2. The summed E-state index contributed by atoms with van der Waals surface area (Å²) in [6.07, 6.45) is 6.76. The minimum Gasteiger partial charge on any atom is -0.334 e. The number of aryl methyl sites for hydroxylation is 2. The van der Waals surface area contributed by atoms with Gasteiger partial charge >= 0.3 is 0 Å². The van der Waals surface area contributed by atoms with E-state index in [1.54, 1.807) is 12.5 Å². The Labute approximate surface area is 163 Å². The van der Waals surface area contributed by atoms with Crippen molar-refractivity contribution < 1.29 is 4.79 Å². The highest BCUT2D eigenvalue weighted by atomic mass is 16.2. The molecular formula is C20H23N7O. The van der Waals surface area contributed by atoms with Crippen molar-refractivity contribution >= 4 is 5.91 Å². The van der Waals surface area contributed by atoms with Gasteiger partial charge in [0.2, 0.25) is 0 Å². The normalized spacial score (nSPS) is 16.3. The van der Waals surface area contributed by atoms with Crippen molar-refractivity contribution in [2.75, 3.05) is 6.54 Å². The van der Waals surface area contributed by atoms with Crippen LogP contribution in [0.3, 0.4) is 0 Å². The van der Waals surface area contributed by atoms with Crippen LogP contribution in [0.4, 0.5) is 0 Å². The molecule has 0 aromatic carbocycles. The quantitative estimate of drug-likeness (QED) is 0.694. The highest BCUT2D eigenvalue weighted by Gasteiger charge is 2.30. The molecule has 144 valence electrons. The monoisotopic (exact) mass is 377 g/mol. The molecule has 3 aromatic heterocycles. The zero-order valence-corrected chi connectivity index (χ0v) is 16.2. The number of carbonyl (C=O) groups excluding carboxylic acids is 1. The molecular weight excluding hydrogens is 354 g/mol. The number of nitrogens with zero attached hydrogens (tertiary/aromatic N) is 7. The Hall–Kier alpha value is -3.03. The summed E-state index contributed by atoms with van der Waals surface area (Å²) in [5.41, 5.74) is 4.61. The number of amides is 1. The van der Waals surface area contributed by atoms with Gasteiger partial charge < -0.3 is 9.47 Å². The molecule has 5 rings (SSSR count). The lowest BCUT2D eigenvalue weighted by Gasteiger charge is -2.27. The van der Waals surface area contributed by atoms with Crippen molar-refractivity contribution in [1.82, 2.24) is 34.4 Å². The highest BCUT2D eigenvalue weighted by molar-refractivity contribution is 5.94. The van der Waals surface area contributed by atoms with E-state index < -0.39 is 0 Å². The lowest BCUT2D eigenvalue weighted by molar-refractivity contribution is 0.0733. The van der Waals surface area contributed by atoms with Gasteiger partial charge in [-0.25, -0.2) is 0 Å². The number of rotatable bonds is 4. The Balaban J connectivity index is 1.46. The molecule has 1 fully saturated rings. The largest absolute Gasteiger partial charge is 0.334 e. The van der Waals surface area contributed by atoms with E-state index in [1.807, 2.05) is 35.7 Å². The molecule has 3 aromatic rings. The molecule has 0 spiro atoms. The van der Waals surface area contributed by atoms with E-state index in [-0.39, 0.29) is 5.91 Å². The molecule has 0 unspecified atom stereocenters. The van der Waals surface area contributed by atoms with E-state index in [2.05, 4.69) is 19.7 Å². The second-order valence-electron chi connectivity index (χ2n) is 7.81. The first-order valence-corrected chi connectivity index (χ1v) is 9.75. The van der Waals surface area contributed by atoms with Gasteiger partial charge in [-0.3, -0.25) is 14.5 Å². The summed E-state index contributed by atoms with van der Waals surface area (Å²) >= 11 is 0. The minimum absolute atomic E-state index is 0.00685. The number of carbonyl (C=O) groups is 1. The lowest BCUT2D eigenvalue weighted by atomic mass is 10.0. The van der Waals surface area contributed by atoms with Gasteiger partial charge in [0.05, 0.1) is 12.1 Å². The van der Waals surface area contributed by atoms with Crippen molar-refractivity contribution in [2.24, 2.45) is 13.0 Å². The molecule has 0 saturated heterocycles. The van der Waals surface area contributed by atoms with Crippen LogP contribution in [0.5, 0.6) is 0 Å². The van der Waals surface area contributed by atoms with Gasteiger partial charge in [-0.1, -0.05) is 0 Å². The first-order chi connectivity index (χ1) is 13.6. The molecule has 8 nitrogen and oxygen atoms in total. The van der Waals surface area contributed by atoms with Gasteiger partial charge in [-0.05, 0) is 37.8 Å². The van der Waals surface area contributed by atoms with Crippen molar-refractivity contribution in [2.45, 2.75) is 39.3 Å². The molecule has 0 N–H and O–H groups in total. The molecule has 0 atom stereocenters. The summed E-state index contributed by atoms with van der Waals surface area (Å²) in [4.78, 5) is 19.1. The van der Waals surface area contributed by atoms with E-state index in [0.29, 0.717) is 18.7 Å². The van der Waals surface area contributed by atoms with Crippen molar-refractivity contribution in [1.29, 1.82) is 0 Å². The average molecular weight is 377 g/mol. The number of pyridine rings is 1. The van der Waals surface area contributed by atoms with Crippen molar-refractivity contribution in [3.63, 3.8) is 0 Å². The molecule has 2 aliphatic rings. The van der Waals surface area contributed by atoms with Crippen LogP contribution < -0.4 is 0 Å². The molecule has 4 heterocycles. The summed E-state index contributed by atoms with van der Waals surface area (Å²) in [7, 11) is 1.96. The van der Waals surface area contributed by atoms with Crippen molar-refractivity contribution in [3.8, 4) is 11.5 Å². The van der Waals surface area contributed by atoms with Crippen LogP contribution in [-0.2, 0) is 26.6 Å². The summed E-state index contributed by atoms with van der Waals surface area (Å²) < 4.78 is 4.03. The van der Waals surface area contributed by atoms with Crippen LogP contribution in [0, 0.1) is 12.8 Å². The first kappa shape index (κ1) is 17.1. The molecule has 1 saturated carbocycles. The van der Waals surface area contributed by atoms with E-state index in [1.165, 1.54) is 18.5 Å². The highest BCUT2D eigenvalue weighted by Crippen LogP contribution is 2.33. The maximum Gasteiger partial charge on any atom is 0.255 e. The van der Waals surface area contributed by atoms with Crippen molar-refractivity contribution in [3.05, 3.63) is 47.2 Å². The molecule has 1 amide bonds. The molecule has 0 radical (unpaired) electrons. The maximum atomic E-state index is 13.0. The lowest BCUT2D eigenvalue weighted by Crippen LogP contribution is -2.36. The maximum absolute atomic E-state index is 13.0. The van der Waals surface area contributed by atoms with Gasteiger partial charge in [0.1, 0.15) is 12.0 Å². The van der Waals surface area contributed by atoms with E-state index in [0.717, 1.165) is 41.7 Å². The number of aromatic nitrogens is 6. The molecule has 1 aliphatic heterocycles. The number of fused-ring (bicyclic) bond motifs is 1. The van der Waals surface area contributed by atoms with Gasteiger partial charge in [0, 0.05) is 49.7 Å². The van der Waals surface area contributed by atoms with E-state index in [9.17, 15) is 4.79 Å². The zero-order chi connectivity index (χ0) is 19.3. The van der Waals surface area contributed by atoms with Crippen LogP contribution >= 0.6 is 0 Å². The summed E-state index contributed by atoms with van der Waals surface area (Å²) in [6.45, 7) is 4.06. The predicted molar refractivity (Wildman–Crippen MR) is 102 cm³/mol. The number of hydrogen-bond acceptors (Lipinski definition) is 5. The first-order valence-electron chi connectivity index (χ1n) is 9.75. The zero-order valence-electron chi connectivity index (χ0n) is 16.2. The second-order valence-corrected chi connectivity index (χ2v) is 7.81. The SMILES string of the molecule is Cc1ccc(C(=O)N2CCc3c(c(-c4nncn4CC4CC4)nn3C)C2)cn1. The fraction of sp³-hybridized carbons (Fsp3) is 0.450. The van der Waals surface area contributed by atoms with E-state index in [4.69, 9.17) is 5.10 Å². The molecule has 28 heavy (non-hydrogen) atoms. The van der Waals surface area contributed by atoms with E-state index >= 15 is 0 Å². The third-order valence-electron chi connectivity index (χ3n) is 5.67. The number of hydrogen-bond donors (Lipinski definition) is 0. The molecule has 0 bridgehead atoms. The Morgan fingerprint density at radius 3 is 2.89 bits per heavy atom. The average Bonchev–Trinajstić information content (AvgIpc) is 3.31. The van der Waals surface area contributed by atoms with Gasteiger partial charge in [0.15, 0.2) is 5.82 Å². The predicted octanol–water partition coefficient (Wildman–Crippen LogP) is 1.99. The molecule has 8 heteroatoms. The van der Waals surface area contributed by atoms with Crippen LogP contribution in [0.15, 0.2) is 24.7 Å². The standard InChI is InChI=1S/C20H23N7O/c1-13-3-6-15(9-21-13)20(28)26-8-7-17-16(11-26)18(24-25(17)2)19-23-22-12-27(19)10-14-4-5-14/h3,6,9,12,14H,4-5,7-8,10-11H2,1-2H3. The smallest absolute Gasteiger partial charge is 0.255 e.